The zero-order chi connectivity index (χ0) is 14.2. The average molecular weight is 265 g/mol. The Morgan fingerprint density at radius 3 is 2.74 bits per heavy atom. The Balaban J connectivity index is 2.36. The summed E-state index contributed by atoms with van der Waals surface area (Å²) in [7, 11) is 0. The summed E-state index contributed by atoms with van der Waals surface area (Å²) in [4.78, 5) is 15.7. The minimum Gasteiger partial charge on any atom is -0.480 e. The van der Waals surface area contributed by atoms with E-state index >= 15 is 0 Å². The fraction of sp³-hybridized carbons (Fsp3) is 0.714. The van der Waals surface area contributed by atoms with E-state index in [1.54, 1.807) is 0 Å². The van der Waals surface area contributed by atoms with Gasteiger partial charge in [-0.15, -0.1) is 0 Å². The maximum atomic E-state index is 11.2. The lowest BCUT2D eigenvalue weighted by atomic mass is 9.91. The number of carboxylic acid groups (broad SMARTS) is 1. The summed E-state index contributed by atoms with van der Waals surface area (Å²) in [5, 5.41) is 12.5. The summed E-state index contributed by atoms with van der Waals surface area (Å²) in [5.74, 6) is 0.0848. The van der Waals surface area contributed by atoms with Crippen LogP contribution >= 0.6 is 0 Å². The second-order valence-corrected chi connectivity index (χ2v) is 6.11. The van der Waals surface area contributed by atoms with Crippen LogP contribution in [0.1, 0.15) is 45.1 Å². The van der Waals surface area contributed by atoms with Gasteiger partial charge < -0.3 is 9.67 Å². The van der Waals surface area contributed by atoms with Crippen molar-refractivity contribution in [2.24, 2.45) is 11.8 Å². The lowest BCUT2D eigenvalue weighted by molar-refractivity contribution is -0.140. The molecule has 19 heavy (non-hydrogen) atoms. The maximum Gasteiger partial charge on any atom is 0.321 e. The first-order chi connectivity index (χ1) is 8.90. The molecular weight excluding hydrogens is 242 g/mol. The second-order valence-electron chi connectivity index (χ2n) is 6.11. The van der Waals surface area contributed by atoms with Gasteiger partial charge in [-0.25, -0.2) is 4.98 Å². The molecule has 0 saturated heterocycles. The Morgan fingerprint density at radius 1 is 1.53 bits per heavy atom. The number of rotatable bonds is 4. The van der Waals surface area contributed by atoms with Crippen LogP contribution in [0.25, 0.3) is 0 Å². The van der Waals surface area contributed by atoms with Crippen LogP contribution in [-0.2, 0) is 17.8 Å². The van der Waals surface area contributed by atoms with Gasteiger partial charge in [-0.05, 0) is 11.8 Å². The Hall–Kier alpha value is -1.36. The van der Waals surface area contributed by atoms with Gasteiger partial charge in [0.25, 0.3) is 0 Å². The number of hydrogen-bond acceptors (Lipinski definition) is 3. The van der Waals surface area contributed by atoms with E-state index in [9.17, 15) is 9.90 Å². The zero-order valence-corrected chi connectivity index (χ0v) is 12.1. The molecule has 5 nitrogen and oxygen atoms in total. The molecule has 2 atom stereocenters. The standard InChI is InChI=1S/C14H23N3O2/c1-8(2)6-17-7-15-10-5-11(14(18)19)16-12(9(3)4)13(10)17/h7-9,11-12,16H,5-6H2,1-4H3,(H,18,19). The number of aromatic nitrogens is 2. The first-order valence-electron chi connectivity index (χ1n) is 6.93. The largest absolute Gasteiger partial charge is 0.480 e. The van der Waals surface area contributed by atoms with Crippen molar-refractivity contribution in [3.63, 3.8) is 0 Å². The molecule has 106 valence electrons. The number of imidazole rings is 1. The van der Waals surface area contributed by atoms with Crippen molar-refractivity contribution in [1.82, 2.24) is 14.9 Å². The Kier molecular flexibility index (Phi) is 3.94. The van der Waals surface area contributed by atoms with E-state index in [0.717, 1.165) is 12.2 Å². The van der Waals surface area contributed by atoms with E-state index in [4.69, 9.17) is 0 Å². The van der Waals surface area contributed by atoms with Crippen LogP contribution in [0.15, 0.2) is 6.33 Å². The lowest BCUT2D eigenvalue weighted by Crippen LogP contribution is -2.47. The van der Waals surface area contributed by atoms with E-state index in [1.165, 1.54) is 5.69 Å². The molecule has 0 saturated carbocycles. The highest BCUT2D eigenvalue weighted by Crippen LogP contribution is 2.30. The molecule has 0 fully saturated rings. The fourth-order valence-electron chi connectivity index (χ4n) is 2.70. The number of aliphatic carboxylic acids is 1. The highest BCUT2D eigenvalue weighted by molar-refractivity contribution is 5.74. The SMILES string of the molecule is CC(C)Cn1cnc2c1C(C(C)C)NC(C(=O)O)C2. The summed E-state index contributed by atoms with van der Waals surface area (Å²) in [6.45, 7) is 9.49. The predicted molar refractivity (Wildman–Crippen MR) is 72.9 cm³/mol. The van der Waals surface area contributed by atoms with E-state index in [-0.39, 0.29) is 6.04 Å². The van der Waals surface area contributed by atoms with Gasteiger partial charge in [-0.3, -0.25) is 10.1 Å². The number of fused-ring (bicyclic) bond motifs is 1. The fourth-order valence-corrected chi connectivity index (χ4v) is 2.70. The third-order valence-corrected chi connectivity index (χ3v) is 3.56. The van der Waals surface area contributed by atoms with Crippen LogP contribution in [0, 0.1) is 11.8 Å². The van der Waals surface area contributed by atoms with Gasteiger partial charge in [-0.2, -0.15) is 0 Å². The van der Waals surface area contributed by atoms with Crippen molar-refractivity contribution < 1.29 is 9.90 Å². The van der Waals surface area contributed by atoms with Gasteiger partial charge in [0.15, 0.2) is 0 Å². The predicted octanol–water partition coefficient (Wildman–Crippen LogP) is 1.84. The van der Waals surface area contributed by atoms with Gasteiger partial charge in [0.1, 0.15) is 6.04 Å². The molecule has 1 aliphatic heterocycles. The summed E-state index contributed by atoms with van der Waals surface area (Å²) in [6.07, 6.45) is 2.32. The maximum absolute atomic E-state index is 11.2. The monoisotopic (exact) mass is 265 g/mol. The molecule has 2 N–H and O–H groups in total. The average Bonchev–Trinajstić information content (AvgIpc) is 2.70. The second kappa shape index (κ2) is 5.33. The minimum atomic E-state index is -0.797. The van der Waals surface area contributed by atoms with Gasteiger partial charge in [0, 0.05) is 13.0 Å². The van der Waals surface area contributed by atoms with Crippen LogP contribution in [0.4, 0.5) is 0 Å². The minimum absolute atomic E-state index is 0.0612. The summed E-state index contributed by atoms with van der Waals surface area (Å²) < 4.78 is 2.18. The van der Waals surface area contributed by atoms with E-state index in [2.05, 4.69) is 42.6 Å². The molecule has 1 aromatic heterocycles. The third kappa shape index (κ3) is 2.81. The van der Waals surface area contributed by atoms with E-state index in [1.807, 2.05) is 6.33 Å². The molecular formula is C14H23N3O2. The summed E-state index contributed by atoms with van der Waals surface area (Å²) in [5.41, 5.74) is 2.10. The van der Waals surface area contributed by atoms with Crippen LogP contribution in [-0.4, -0.2) is 26.7 Å². The van der Waals surface area contributed by atoms with Crippen molar-refractivity contribution in [2.45, 2.75) is 52.7 Å². The van der Waals surface area contributed by atoms with Crippen molar-refractivity contribution in [3.05, 3.63) is 17.7 Å². The molecule has 0 bridgehead atoms. The first kappa shape index (κ1) is 14.1. The van der Waals surface area contributed by atoms with E-state index in [0.29, 0.717) is 18.3 Å². The van der Waals surface area contributed by atoms with Gasteiger partial charge in [-0.1, -0.05) is 27.7 Å². The molecule has 0 radical (unpaired) electrons. The number of carboxylic acids is 1. The van der Waals surface area contributed by atoms with Crippen molar-refractivity contribution in [2.75, 3.05) is 0 Å². The van der Waals surface area contributed by atoms with Crippen molar-refractivity contribution >= 4 is 5.97 Å². The summed E-state index contributed by atoms with van der Waals surface area (Å²) in [6, 6.07) is -0.464. The molecule has 2 heterocycles. The van der Waals surface area contributed by atoms with Gasteiger partial charge in [0.05, 0.1) is 23.8 Å². The Bertz CT molecular complexity index is 465. The molecule has 2 unspecified atom stereocenters. The molecule has 0 amide bonds. The summed E-state index contributed by atoms with van der Waals surface area (Å²) >= 11 is 0. The molecule has 2 rings (SSSR count). The smallest absolute Gasteiger partial charge is 0.321 e. The highest BCUT2D eigenvalue weighted by Gasteiger charge is 2.35. The number of nitrogens with zero attached hydrogens (tertiary/aromatic N) is 2. The molecule has 5 heteroatoms. The Morgan fingerprint density at radius 2 is 2.21 bits per heavy atom. The first-order valence-corrected chi connectivity index (χ1v) is 6.93. The van der Waals surface area contributed by atoms with Gasteiger partial charge >= 0.3 is 5.97 Å². The molecule has 0 aliphatic carbocycles. The normalized spacial score (nSPS) is 22.8. The zero-order valence-electron chi connectivity index (χ0n) is 12.1. The van der Waals surface area contributed by atoms with Crippen molar-refractivity contribution in [1.29, 1.82) is 0 Å². The highest BCUT2D eigenvalue weighted by atomic mass is 16.4. The van der Waals surface area contributed by atoms with Crippen LogP contribution < -0.4 is 5.32 Å². The van der Waals surface area contributed by atoms with Crippen molar-refractivity contribution in [3.8, 4) is 0 Å². The van der Waals surface area contributed by atoms with Gasteiger partial charge in [0.2, 0.25) is 0 Å². The van der Waals surface area contributed by atoms with E-state index < -0.39 is 12.0 Å². The molecule has 0 spiro atoms. The number of nitrogens with one attached hydrogen (secondary N) is 1. The molecule has 1 aromatic rings. The topological polar surface area (TPSA) is 67.2 Å². The number of carbonyl (C=O) groups is 1. The number of hydrogen-bond donors (Lipinski definition) is 2. The lowest BCUT2D eigenvalue weighted by Gasteiger charge is -2.32. The van der Waals surface area contributed by atoms with Crippen LogP contribution in [0.5, 0.6) is 0 Å². The van der Waals surface area contributed by atoms with Crippen LogP contribution in [0.3, 0.4) is 0 Å². The third-order valence-electron chi connectivity index (χ3n) is 3.56. The molecule has 1 aliphatic rings. The van der Waals surface area contributed by atoms with Crippen LogP contribution in [0.2, 0.25) is 0 Å². The molecule has 0 aromatic carbocycles. The Labute approximate surface area is 114 Å². The quantitative estimate of drug-likeness (QED) is 0.871.